The van der Waals surface area contributed by atoms with Crippen LogP contribution >= 0.6 is 11.6 Å². The topological polar surface area (TPSA) is 73.9 Å². The van der Waals surface area contributed by atoms with Gasteiger partial charge in [0.1, 0.15) is 22.1 Å². The summed E-state index contributed by atoms with van der Waals surface area (Å²) in [6.07, 6.45) is 0. The lowest BCUT2D eigenvalue weighted by Crippen LogP contribution is -2.15. The van der Waals surface area contributed by atoms with Crippen molar-refractivity contribution in [1.82, 2.24) is 0 Å². The van der Waals surface area contributed by atoms with Crippen LogP contribution in [0, 0.1) is 0 Å². The highest BCUT2D eigenvalue weighted by atomic mass is 35.5. The van der Waals surface area contributed by atoms with Crippen LogP contribution < -0.4 is 18.9 Å². The first-order valence-electron chi connectivity index (χ1n) is 7.08. The van der Waals surface area contributed by atoms with Gasteiger partial charge in [-0.3, -0.25) is 4.72 Å². The molecule has 2 aromatic rings. The first kappa shape index (κ1) is 18.2. The molecule has 0 saturated carbocycles. The van der Waals surface area contributed by atoms with Crippen molar-refractivity contribution in [2.24, 2.45) is 0 Å². The molecule has 1 N–H and O–H groups in total. The summed E-state index contributed by atoms with van der Waals surface area (Å²) in [5.41, 5.74) is 0.278. The Morgan fingerprint density at radius 1 is 1.04 bits per heavy atom. The van der Waals surface area contributed by atoms with Crippen molar-refractivity contribution >= 4 is 27.3 Å². The molecule has 0 saturated heterocycles. The van der Waals surface area contributed by atoms with Crippen LogP contribution in [0.2, 0.25) is 5.02 Å². The third-order valence-electron chi connectivity index (χ3n) is 3.15. The highest BCUT2D eigenvalue weighted by Gasteiger charge is 2.22. The van der Waals surface area contributed by atoms with Crippen LogP contribution in [0.15, 0.2) is 41.3 Å². The van der Waals surface area contributed by atoms with E-state index in [0.29, 0.717) is 23.1 Å². The number of benzene rings is 2. The molecule has 8 heteroatoms. The van der Waals surface area contributed by atoms with E-state index in [2.05, 4.69) is 4.72 Å². The molecular formula is C16H18ClNO5S. The normalized spacial score (nSPS) is 11.0. The van der Waals surface area contributed by atoms with E-state index in [1.165, 1.54) is 26.4 Å². The van der Waals surface area contributed by atoms with Gasteiger partial charge in [-0.1, -0.05) is 11.6 Å². The minimum Gasteiger partial charge on any atom is -0.497 e. The molecule has 0 atom stereocenters. The molecule has 24 heavy (non-hydrogen) atoms. The number of nitrogens with one attached hydrogen (secondary N) is 1. The summed E-state index contributed by atoms with van der Waals surface area (Å²) in [6.45, 7) is 2.10. The van der Waals surface area contributed by atoms with Gasteiger partial charge in [-0.25, -0.2) is 8.42 Å². The summed E-state index contributed by atoms with van der Waals surface area (Å²) in [6, 6.07) is 9.19. The molecule has 0 radical (unpaired) electrons. The number of hydrogen-bond acceptors (Lipinski definition) is 5. The Kier molecular flexibility index (Phi) is 5.80. The zero-order valence-corrected chi connectivity index (χ0v) is 15.1. The Hall–Kier alpha value is -2.12. The Bertz CT molecular complexity index is 823. The van der Waals surface area contributed by atoms with Gasteiger partial charge in [0.05, 0.1) is 26.5 Å². The molecule has 0 heterocycles. The molecule has 0 amide bonds. The van der Waals surface area contributed by atoms with Crippen molar-refractivity contribution in [3.8, 4) is 17.2 Å². The molecule has 0 spiro atoms. The molecule has 6 nitrogen and oxygen atoms in total. The average molecular weight is 372 g/mol. The van der Waals surface area contributed by atoms with Gasteiger partial charge in [0.25, 0.3) is 10.0 Å². The van der Waals surface area contributed by atoms with Crippen LogP contribution in [0.1, 0.15) is 6.92 Å². The van der Waals surface area contributed by atoms with Crippen molar-refractivity contribution in [2.45, 2.75) is 11.8 Å². The van der Waals surface area contributed by atoms with E-state index in [-0.39, 0.29) is 16.3 Å². The fourth-order valence-corrected chi connectivity index (χ4v) is 3.53. The highest BCUT2D eigenvalue weighted by molar-refractivity contribution is 7.92. The van der Waals surface area contributed by atoms with Gasteiger partial charge < -0.3 is 14.2 Å². The maximum atomic E-state index is 12.7. The van der Waals surface area contributed by atoms with E-state index in [1.807, 2.05) is 0 Å². The number of sulfonamides is 1. The molecule has 0 fully saturated rings. The second kappa shape index (κ2) is 7.63. The van der Waals surface area contributed by atoms with E-state index in [0.717, 1.165) is 0 Å². The summed E-state index contributed by atoms with van der Waals surface area (Å²) >= 11 is 5.94. The minimum absolute atomic E-state index is 0.0466. The molecule has 2 rings (SSSR count). The molecule has 0 aliphatic heterocycles. The summed E-state index contributed by atoms with van der Waals surface area (Å²) in [7, 11) is -0.966. The molecule has 0 bridgehead atoms. The second-order valence-electron chi connectivity index (χ2n) is 4.70. The Morgan fingerprint density at radius 2 is 1.79 bits per heavy atom. The smallest absolute Gasteiger partial charge is 0.265 e. The lowest BCUT2D eigenvalue weighted by molar-refractivity contribution is 0.331. The Morgan fingerprint density at radius 3 is 2.42 bits per heavy atom. The number of anilines is 1. The van der Waals surface area contributed by atoms with Crippen molar-refractivity contribution in [3.63, 3.8) is 0 Å². The highest BCUT2D eigenvalue weighted by Crippen LogP contribution is 2.33. The Balaban J connectivity index is 2.44. The molecular weight excluding hydrogens is 354 g/mol. The van der Waals surface area contributed by atoms with Gasteiger partial charge in [0, 0.05) is 11.1 Å². The van der Waals surface area contributed by atoms with Crippen LogP contribution in [-0.2, 0) is 10.0 Å². The molecule has 130 valence electrons. The fraction of sp³-hybridized carbons (Fsp3) is 0.250. The number of halogens is 1. The van der Waals surface area contributed by atoms with Gasteiger partial charge in [0.15, 0.2) is 0 Å². The van der Waals surface area contributed by atoms with E-state index in [1.54, 1.807) is 31.2 Å². The number of rotatable bonds is 7. The SMILES string of the molecule is CCOc1ccc(Cl)cc1S(=O)(=O)Nc1ccc(OC)cc1OC. The lowest BCUT2D eigenvalue weighted by atomic mass is 10.3. The van der Waals surface area contributed by atoms with Crippen molar-refractivity contribution in [2.75, 3.05) is 25.5 Å². The first-order chi connectivity index (χ1) is 11.4. The van der Waals surface area contributed by atoms with E-state index in [9.17, 15) is 8.42 Å². The third kappa shape index (κ3) is 4.04. The van der Waals surface area contributed by atoms with E-state index >= 15 is 0 Å². The van der Waals surface area contributed by atoms with Gasteiger partial charge in [0.2, 0.25) is 0 Å². The predicted octanol–water partition coefficient (Wildman–Crippen LogP) is 3.56. The zero-order chi connectivity index (χ0) is 17.7. The maximum Gasteiger partial charge on any atom is 0.265 e. The maximum absolute atomic E-state index is 12.7. The van der Waals surface area contributed by atoms with Crippen LogP contribution in [0.3, 0.4) is 0 Å². The first-order valence-corrected chi connectivity index (χ1v) is 8.94. The molecule has 0 aliphatic rings. The zero-order valence-electron chi connectivity index (χ0n) is 13.5. The van der Waals surface area contributed by atoms with Crippen LogP contribution in [0.25, 0.3) is 0 Å². The van der Waals surface area contributed by atoms with Crippen LogP contribution in [-0.4, -0.2) is 29.2 Å². The monoisotopic (exact) mass is 371 g/mol. The largest absolute Gasteiger partial charge is 0.497 e. The van der Waals surface area contributed by atoms with Gasteiger partial charge in [-0.05, 0) is 37.3 Å². The second-order valence-corrected chi connectivity index (χ2v) is 6.78. The molecule has 0 aliphatic carbocycles. The molecule has 0 unspecified atom stereocenters. The number of hydrogen-bond donors (Lipinski definition) is 1. The summed E-state index contributed by atoms with van der Waals surface area (Å²) in [5, 5.41) is 0.292. The van der Waals surface area contributed by atoms with Gasteiger partial charge in [-0.2, -0.15) is 0 Å². The van der Waals surface area contributed by atoms with Crippen LogP contribution in [0.4, 0.5) is 5.69 Å². The van der Waals surface area contributed by atoms with Crippen molar-refractivity contribution in [1.29, 1.82) is 0 Å². The predicted molar refractivity (Wildman–Crippen MR) is 93.0 cm³/mol. The number of ether oxygens (including phenoxy) is 3. The minimum atomic E-state index is -3.92. The average Bonchev–Trinajstić information content (AvgIpc) is 2.56. The lowest BCUT2D eigenvalue weighted by Gasteiger charge is -2.15. The summed E-state index contributed by atoms with van der Waals surface area (Å²) < 4.78 is 43.6. The molecule has 0 aromatic heterocycles. The van der Waals surface area contributed by atoms with E-state index in [4.69, 9.17) is 25.8 Å². The van der Waals surface area contributed by atoms with Crippen LogP contribution in [0.5, 0.6) is 17.2 Å². The number of methoxy groups -OCH3 is 2. The van der Waals surface area contributed by atoms with Crippen molar-refractivity contribution < 1.29 is 22.6 Å². The molecule has 2 aromatic carbocycles. The summed E-state index contributed by atoms with van der Waals surface area (Å²) in [4.78, 5) is -0.0466. The fourth-order valence-electron chi connectivity index (χ4n) is 2.05. The standard InChI is InChI=1S/C16H18ClNO5S/c1-4-23-14-8-5-11(17)9-16(14)24(19,20)18-13-7-6-12(21-2)10-15(13)22-3/h5-10,18H,4H2,1-3H3. The quantitative estimate of drug-likeness (QED) is 0.805. The van der Waals surface area contributed by atoms with Gasteiger partial charge in [-0.15, -0.1) is 0 Å². The Labute approximate surface area is 146 Å². The summed E-state index contributed by atoms with van der Waals surface area (Å²) in [5.74, 6) is 1.10. The van der Waals surface area contributed by atoms with Gasteiger partial charge >= 0.3 is 0 Å². The van der Waals surface area contributed by atoms with E-state index < -0.39 is 10.0 Å². The van der Waals surface area contributed by atoms with Crippen molar-refractivity contribution in [3.05, 3.63) is 41.4 Å². The third-order valence-corrected chi connectivity index (χ3v) is 4.77.